The van der Waals surface area contributed by atoms with Crippen LogP contribution >= 0.6 is 11.6 Å². The van der Waals surface area contributed by atoms with Gasteiger partial charge in [0.25, 0.3) is 0 Å². The Labute approximate surface area is 99.9 Å². The number of pyridine rings is 1. The summed E-state index contributed by atoms with van der Waals surface area (Å²) in [5.41, 5.74) is 1.17. The lowest BCUT2D eigenvalue weighted by atomic mass is 10.2. The number of ether oxygens (including phenoxy) is 1. The number of hydrogen-bond donors (Lipinski definition) is 0. The van der Waals surface area contributed by atoms with Crippen LogP contribution in [0.1, 0.15) is 5.56 Å². The van der Waals surface area contributed by atoms with Crippen molar-refractivity contribution in [2.75, 3.05) is 6.61 Å². The lowest BCUT2D eigenvalue weighted by Gasteiger charge is -2.05. The van der Waals surface area contributed by atoms with Crippen LogP contribution in [0.15, 0.2) is 48.8 Å². The molecule has 0 radical (unpaired) electrons. The van der Waals surface area contributed by atoms with Gasteiger partial charge in [0.15, 0.2) is 0 Å². The zero-order valence-corrected chi connectivity index (χ0v) is 9.52. The van der Waals surface area contributed by atoms with E-state index in [0.717, 1.165) is 12.2 Å². The molecule has 0 aliphatic carbocycles. The molecule has 82 valence electrons. The predicted octanol–water partition coefficient (Wildman–Crippen LogP) is 3.36. The van der Waals surface area contributed by atoms with Gasteiger partial charge < -0.3 is 4.74 Å². The van der Waals surface area contributed by atoms with Crippen molar-refractivity contribution >= 4 is 11.6 Å². The van der Waals surface area contributed by atoms with Gasteiger partial charge in [0.2, 0.25) is 0 Å². The average Bonchev–Trinajstić information content (AvgIpc) is 2.30. The average molecular weight is 234 g/mol. The van der Waals surface area contributed by atoms with Crippen molar-refractivity contribution in [1.82, 2.24) is 4.98 Å². The molecule has 0 atom stereocenters. The Morgan fingerprint density at radius 1 is 1.19 bits per heavy atom. The van der Waals surface area contributed by atoms with Gasteiger partial charge in [-0.15, -0.1) is 0 Å². The summed E-state index contributed by atoms with van der Waals surface area (Å²) in [7, 11) is 0. The van der Waals surface area contributed by atoms with E-state index < -0.39 is 0 Å². The van der Waals surface area contributed by atoms with Crippen LogP contribution in [-0.2, 0) is 6.42 Å². The fourth-order valence-corrected chi connectivity index (χ4v) is 1.57. The standard InChI is InChI=1S/C13H12ClNO/c14-12-4-1-5-13(9-12)16-8-6-11-3-2-7-15-10-11/h1-5,7,9-10H,6,8H2. The van der Waals surface area contributed by atoms with Crippen LogP contribution < -0.4 is 4.74 Å². The van der Waals surface area contributed by atoms with Gasteiger partial charge in [-0.05, 0) is 29.8 Å². The largest absolute Gasteiger partial charge is 0.493 e. The van der Waals surface area contributed by atoms with Crippen molar-refractivity contribution in [3.05, 3.63) is 59.4 Å². The molecule has 0 unspecified atom stereocenters. The van der Waals surface area contributed by atoms with Crippen LogP contribution in [-0.4, -0.2) is 11.6 Å². The van der Waals surface area contributed by atoms with Crippen LogP contribution in [0.4, 0.5) is 0 Å². The Morgan fingerprint density at radius 2 is 2.12 bits per heavy atom. The van der Waals surface area contributed by atoms with Gasteiger partial charge in [-0.3, -0.25) is 4.98 Å². The van der Waals surface area contributed by atoms with E-state index in [-0.39, 0.29) is 0 Å². The first-order valence-electron chi connectivity index (χ1n) is 5.12. The highest BCUT2D eigenvalue weighted by atomic mass is 35.5. The summed E-state index contributed by atoms with van der Waals surface area (Å²) in [6.45, 7) is 0.631. The minimum absolute atomic E-state index is 0.631. The summed E-state index contributed by atoms with van der Waals surface area (Å²) in [6.07, 6.45) is 4.46. The molecule has 16 heavy (non-hydrogen) atoms. The van der Waals surface area contributed by atoms with E-state index in [1.807, 2.05) is 42.6 Å². The number of benzene rings is 1. The van der Waals surface area contributed by atoms with E-state index in [1.54, 1.807) is 6.20 Å². The molecule has 0 fully saturated rings. The summed E-state index contributed by atoms with van der Waals surface area (Å²) in [4.78, 5) is 4.05. The number of aromatic nitrogens is 1. The second-order valence-corrected chi connectivity index (χ2v) is 3.85. The minimum atomic E-state index is 0.631. The van der Waals surface area contributed by atoms with Crippen LogP contribution in [0.3, 0.4) is 0 Å². The fraction of sp³-hybridized carbons (Fsp3) is 0.154. The van der Waals surface area contributed by atoms with Gasteiger partial charge in [0.05, 0.1) is 6.61 Å². The Kier molecular flexibility index (Phi) is 3.78. The first kappa shape index (κ1) is 11.0. The molecule has 0 bridgehead atoms. The first-order valence-corrected chi connectivity index (χ1v) is 5.50. The third kappa shape index (κ3) is 3.24. The highest BCUT2D eigenvalue weighted by molar-refractivity contribution is 6.30. The SMILES string of the molecule is Clc1cccc(OCCc2cccnc2)c1. The molecular weight excluding hydrogens is 222 g/mol. The molecule has 3 heteroatoms. The van der Waals surface area contributed by atoms with Gasteiger partial charge in [-0.1, -0.05) is 23.7 Å². The van der Waals surface area contributed by atoms with E-state index in [1.165, 1.54) is 5.56 Å². The maximum Gasteiger partial charge on any atom is 0.120 e. The van der Waals surface area contributed by atoms with Crippen molar-refractivity contribution in [3.63, 3.8) is 0 Å². The Morgan fingerprint density at radius 3 is 2.88 bits per heavy atom. The molecule has 1 heterocycles. The number of nitrogens with zero attached hydrogens (tertiary/aromatic N) is 1. The molecule has 0 saturated carbocycles. The molecule has 0 N–H and O–H groups in total. The summed E-state index contributed by atoms with van der Waals surface area (Å²) < 4.78 is 5.58. The summed E-state index contributed by atoms with van der Waals surface area (Å²) in [5.74, 6) is 0.802. The zero-order chi connectivity index (χ0) is 11.2. The Hall–Kier alpha value is -1.54. The monoisotopic (exact) mass is 233 g/mol. The third-order valence-corrected chi connectivity index (χ3v) is 2.41. The van der Waals surface area contributed by atoms with Crippen LogP contribution in [0.25, 0.3) is 0 Å². The topological polar surface area (TPSA) is 22.1 Å². The summed E-state index contributed by atoms with van der Waals surface area (Å²) in [5, 5.41) is 0.693. The molecule has 1 aromatic heterocycles. The Bertz CT molecular complexity index is 445. The molecule has 0 spiro atoms. The smallest absolute Gasteiger partial charge is 0.120 e. The van der Waals surface area contributed by atoms with E-state index in [0.29, 0.717) is 11.6 Å². The molecule has 0 aliphatic rings. The minimum Gasteiger partial charge on any atom is -0.493 e. The van der Waals surface area contributed by atoms with Crippen molar-refractivity contribution in [2.45, 2.75) is 6.42 Å². The van der Waals surface area contributed by atoms with E-state index in [4.69, 9.17) is 16.3 Å². The number of halogens is 1. The quantitative estimate of drug-likeness (QED) is 0.808. The van der Waals surface area contributed by atoms with Gasteiger partial charge >= 0.3 is 0 Å². The predicted molar refractivity (Wildman–Crippen MR) is 64.9 cm³/mol. The van der Waals surface area contributed by atoms with Crippen molar-refractivity contribution < 1.29 is 4.74 Å². The first-order chi connectivity index (χ1) is 7.84. The molecule has 0 aliphatic heterocycles. The van der Waals surface area contributed by atoms with Crippen LogP contribution in [0.2, 0.25) is 5.02 Å². The molecular formula is C13H12ClNO. The van der Waals surface area contributed by atoms with Crippen LogP contribution in [0.5, 0.6) is 5.75 Å². The molecule has 2 aromatic rings. The maximum atomic E-state index is 5.85. The van der Waals surface area contributed by atoms with Gasteiger partial charge in [-0.25, -0.2) is 0 Å². The van der Waals surface area contributed by atoms with Gasteiger partial charge in [0, 0.05) is 23.8 Å². The van der Waals surface area contributed by atoms with Crippen molar-refractivity contribution in [3.8, 4) is 5.75 Å². The van der Waals surface area contributed by atoms with E-state index in [9.17, 15) is 0 Å². The highest BCUT2D eigenvalue weighted by Crippen LogP contribution is 2.17. The Balaban J connectivity index is 1.85. The molecule has 0 saturated heterocycles. The highest BCUT2D eigenvalue weighted by Gasteiger charge is 1.96. The van der Waals surface area contributed by atoms with E-state index >= 15 is 0 Å². The van der Waals surface area contributed by atoms with Crippen molar-refractivity contribution in [2.24, 2.45) is 0 Å². The summed E-state index contributed by atoms with van der Waals surface area (Å²) >= 11 is 5.85. The molecule has 2 nitrogen and oxygen atoms in total. The van der Waals surface area contributed by atoms with E-state index in [2.05, 4.69) is 4.98 Å². The number of rotatable bonds is 4. The van der Waals surface area contributed by atoms with Gasteiger partial charge in [-0.2, -0.15) is 0 Å². The summed E-state index contributed by atoms with van der Waals surface area (Å²) in [6, 6.07) is 11.4. The van der Waals surface area contributed by atoms with Gasteiger partial charge in [0.1, 0.15) is 5.75 Å². The molecule has 2 rings (SSSR count). The fourth-order valence-electron chi connectivity index (χ4n) is 1.39. The molecule has 1 aromatic carbocycles. The second kappa shape index (κ2) is 5.52. The molecule has 0 amide bonds. The maximum absolute atomic E-state index is 5.85. The lowest BCUT2D eigenvalue weighted by molar-refractivity contribution is 0.322. The second-order valence-electron chi connectivity index (χ2n) is 3.42. The third-order valence-electron chi connectivity index (χ3n) is 2.18. The van der Waals surface area contributed by atoms with Crippen molar-refractivity contribution in [1.29, 1.82) is 0 Å². The zero-order valence-electron chi connectivity index (χ0n) is 8.77. The normalized spacial score (nSPS) is 10.1. The number of hydrogen-bond acceptors (Lipinski definition) is 2. The lowest BCUT2D eigenvalue weighted by Crippen LogP contribution is -2.01. The van der Waals surface area contributed by atoms with Crippen LogP contribution in [0, 0.1) is 0 Å².